The lowest BCUT2D eigenvalue weighted by molar-refractivity contribution is 0.0562. The highest BCUT2D eigenvalue weighted by Crippen LogP contribution is 2.21. The summed E-state index contributed by atoms with van der Waals surface area (Å²) < 4.78 is 25.7. The average Bonchev–Trinajstić information content (AvgIpc) is 2.75. The van der Waals surface area contributed by atoms with Gasteiger partial charge in [0.25, 0.3) is 0 Å². The fourth-order valence-corrected chi connectivity index (χ4v) is 1.41. The minimum absolute atomic E-state index is 0.105. The molecular formula is C10H9F2N5. The molecule has 5 nitrogen and oxygen atoms in total. The lowest BCUT2D eigenvalue weighted by atomic mass is 10.2. The van der Waals surface area contributed by atoms with Crippen molar-refractivity contribution < 1.29 is 8.78 Å². The Hall–Kier alpha value is -2.31. The van der Waals surface area contributed by atoms with Crippen LogP contribution in [-0.4, -0.2) is 20.6 Å². The van der Waals surface area contributed by atoms with Crippen LogP contribution < -0.4 is 5.73 Å². The Balaban J connectivity index is 2.51. The molecule has 0 saturated carbocycles. The van der Waals surface area contributed by atoms with Crippen molar-refractivity contribution in [3.8, 4) is 11.3 Å². The van der Waals surface area contributed by atoms with Crippen molar-refractivity contribution in [3.63, 3.8) is 0 Å². The van der Waals surface area contributed by atoms with Crippen LogP contribution in [0.1, 0.15) is 12.2 Å². The highest BCUT2D eigenvalue weighted by atomic mass is 19.3. The van der Waals surface area contributed by atoms with Crippen molar-refractivity contribution in [1.82, 2.24) is 14.8 Å². The van der Waals surface area contributed by atoms with Crippen molar-refractivity contribution >= 4 is 5.84 Å². The van der Waals surface area contributed by atoms with Crippen LogP contribution in [0.2, 0.25) is 0 Å². The molecule has 0 fully saturated rings. The van der Waals surface area contributed by atoms with Gasteiger partial charge >= 0.3 is 6.55 Å². The van der Waals surface area contributed by atoms with E-state index in [2.05, 4.69) is 10.1 Å². The van der Waals surface area contributed by atoms with Gasteiger partial charge in [-0.15, -0.1) is 0 Å². The molecule has 7 heteroatoms. The predicted molar refractivity (Wildman–Crippen MR) is 57.7 cm³/mol. The maximum absolute atomic E-state index is 12.7. The van der Waals surface area contributed by atoms with E-state index >= 15 is 0 Å². The number of alkyl halides is 2. The normalized spacial score (nSPS) is 10.8. The standard InChI is InChI=1S/C10H9F2N5/c11-10(12)17-8(9(13)14)5-7(16-17)6-1-3-15-4-2-6/h1-5,10H,(H3,13,14). The molecule has 0 radical (unpaired) electrons. The van der Waals surface area contributed by atoms with Gasteiger partial charge in [0, 0.05) is 18.0 Å². The van der Waals surface area contributed by atoms with Crippen LogP contribution in [0, 0.1) is 5.41 Å². The predicted octanol–water partition coefficient (Wildman–Crippen LogP) is 1.62. The molecule has 0 aliphatic heterocycles. The van der Waals surface area contributed by atoms with Gasteiger partial charge < -0.3 is 5.73 Å². The van der Waals surface area contributed by atoms with Crippen LogP contribution in [0.5, 0.6) is 0 Å². The molecule has 17 heavy (non-hydrogen) atoms. The maximum Gasteiger partial charge on any atom is 0.333 e. The number of aromatic nitrogens is 3. The molecule has 0 unspecified atom stereocenters. The minimum Gasteiger partial charge on any atom is -0.382 e. The van der Waals surface area contributed by atoms with E-state index in [1.54, 1.807) is 12.1 Å². The lowest BCUT2D eigenvalue weighted by Gasteiger charge is -2.02. The molecule has 0 aliphatic rings. The minimum atomic E-state index is -2.83. The largest absolute Gasteiger partial charge is 0.382 e. The molecule has 0 aliphatic carbocycles. The van der Waals surface area contributed by atoms with E-state index in [-0.39, 0.29) is 5.69 Å². The van der Waals surface area contributed by atoms with Crippen molar-refractivity contribution in [2.45, 2.75) is 6.55 Å². The second-order valence-electron chi connectivity index (χ2n) is 3.29. The summed E-state index contributed by atoms with van der Waals surface area (Å²) in [6.45, 7) is -2.83. The van der Waals surface area contributed by atoms with Crippen LogP contribution in [0.3, 0.4) is 0 Å². The number of hydrogen-bond acceptors (Lipinski definition) is 3. The van der Waals surface area contributed by atoms with E-state index in [9.17, 15) is 8.78 Å². The SMILES string of the molecule is N=C(N)c1cc(-c2ccncc2)nn1C(F)F. The van der Waals surface area contributed by atoms with Gasteiger partial charge in [-0.25, -0.2) is 0 Å². The van der Waals surface area contributed by atoms with Gasteiger partial charge in [-0.2, -0.15) is 18.6 Å². The van der Waals surface area contributed by atoms with Crippen molar-refractivity contribution in [2.24, 2.45) is 5.73 Å². The molecule has 0 saturated heterocycles. The quantitative estimate of drug-likeness (QED) is 0.628. The summed E-state index contributed by atoms with van der Waals surface area (Å²) in [5.74, 6) is -0.446. The molecule has 2 aromatic rings. The number of hydrogen-bond donors (Lipinski definition) is 2. The van der Waals surface area contributed by atoms with Crippen LogP contribution in [0.25, 0.3) is 11.3 Å². The maximum atomic E-state index is 12.7. The Labute approximate surface area is 95.4 Å². The highest BCUT2D eigenvalue weighted by Gasteiger charge is 2.17. The average molecular weight is 237 g/mol. The zero-order valence-corrected chi connectivity index (χ0v) is 8.64. The van der Waals surface area contributed by atoms with Gasteiger partial charge in [0.05, 0.1) is 5.69 Å². The Morgan fingerprint density at radius 2 is 2.00 bits per heavy atom. The van der Waals surface area contributed by atoms with E-state index in [1.807, 2.05) is 0 Å². The number of pyridine rings is 1. The highest BCUT2D eigenvalue weighted by molar-refractivity contribution is 5.94. The summed E-state index contributed by atoms with van der Waals surface area (Å²) in [5, 5.41) is 10.9. The molecule has 0 spiro atoms. The molecule has 0 amide bonds. The third-order valence-electron chi connectivity index (χ3n) is 2.17. The van der Waals surface area contributed by atoms with Gasteiger partial charge in [-0.1, -0.05) is 0 Å². The summed E-state index contributed by atoms with van der Waals surface area (Å²) in [6, 6.07) is 4.63. The lowest BCUT2D eigenvalue weighted by Crippen LogP contribution is -2.18. The monoisotopic (exact) mass is 237 g/mol. The van der Waals surface area contributed by atoms with Gasteiger partial charge in [0.15, 0.2) is 0 Å². The summed E-state index contributed by atoms with van der Waals surface area (Å²) in [6.07, 6.45) is 3.06. The second kappa shape index (κ2) is 4.28. The van der Waals surface area contributed by atoms with Crippen LogP contribution >= 0.6 is 0 Å². The Morgan fingerprint density at radius 1 is 1.35 bits per heavy atom. The van der Waals surface area contributed by atoms with Gasteiger partial charge in [0.1, 0.15) is 11.5 Å². The first-order valence-corrected chi connectivity index (χ1v) is 4.72. The van der Waals surface area contributed by atoms with E-state index in [1.165, 1.54) is 18.5 Å². The molecule has 2 heterocycles. The van der Waals surface area contributed by atoms with Gasteiger partial charge in [-0.05, 0) is 18.2 Å². The Bertz CT molecular complexity index is 535. The fourth-order valence-electron chi connectivity index (χ4n) is 1.41. The third-order valence-corrected chi connectivity index (χ3v) is 2.17. The van der Waals surface area contributed by atoms with Crippen molar-refractivity contribution in [1.29, 1.82) is 5.41 Å². The van der Waals surface area contributed by atoms with Crippen LogP contribution in [0.4, 0.5) is 8.78 Å². The van der Waals surface area contributed by atoms with E-state index in [4.69, 9.17) is 11.1 Å². The van der Waals surface area contributed by atoms with Crippen molar-refractivity contribution in [2.75, 3.05) is 0 Å². The number of halogens is 2. The van der Waals surface area contributed by atoms with Gasteiger partial charge in [0.2, 0.25) is 0 Å². The third kappa shape index (κ3) is 2.12. The topological polar surface area (TPSA) is 80.6 Å². The van der Waals surface area contributed by atoms with E-state index in [0.717, 1.165) is 0 Å². The number of nitrogen functional groups attached to an aromatic ring is 1. The molecule has 0 atom stereocenters. The molecular weight excluding hydrogens is 228 g/mol. The van der Waals surface area contributed by atoms with E-state index < -0.39 is 12.4 Å². The summed E-state index contributed by atoms with van der Waals surface area (Å²) in [5.41, 5.74) is 6.09. The van der Waals surface area contributed by atoms with E-state index in [0.29, 0.717) is 15.9 Å². The van der Waals surface area contributed by atoms with Crippen LogP contribution in [0.15, 0.2) is 30.6 Å². The number of rotatable bonds is 3. The summed E-state index contributed by atoms with van der Waals surface area (Å²) in [4.78, 5) is 3.82. The number of amidine groups is 1. The summed E-state index contributed by atoms with van der Waals surface area (Å²) >= 11 is 0. The first kappa shape index (κ1) is 11.2. The number of nitrogens with two attached hydrogens (primary N) is 1. The Morgan fingerprint density at radius 3 is 2.47 bits per heavy atom. The zero-order chi connectivity index (χ0) is 12.4. The van der Waals surface area contributed by atoms with Gasteiger partial charge in [-0.3, -0.25) is 10.4 Å². The fraction of sp³-hybridized carbons (Fsp3) is 0.100. The first-order chi connectivity index (χ1) is 8.09. The number of nitrogens with one attached hydrogen (secondary N) is 1. The molecule has 0 bridgehead atoms. The smallest absolute Gasteiger partial charge is 0.333 e. The number of nitrogens with zero attached hydrogens (tertiary/aromatic N) is 3. The Kier molecular flexibility index (Phi) is 2.82. The molecule has 2 rings (SSSR count). The summed E-state index contributed by atoms with van der Waals surface area (Å²) in [7, 11) is 0. The van der Waals surface area contributed by atoms with Crippen LogP contribution in [-0.2, 0) is 0 Å². The molecule has 3 N–H and O–H groups in total. The molecule has 88 valence electrons. The zero-order valence-electron chi connectivity index (χ0n) is 8.64. The second-order valence-corrected chi connectivity index (χ2v) is 3.29. The molecule has 2 aromatic heterocycles. The molecule has 0 aromatic carbocycles. The first-order valence-electron chi connectivity index (χ1n) is 4.72. The van der Waals surface area contributed by atoms with Crippen molar-refractivity contribution in [3.05, 3.63) is 36.3 Å².